The molecule has 0 saturated carbocycles. The van der Waals surface area contributed by atoms with Gasteiger partial charge in [-0.1, -0.05) is 25.5 Å². The van der Waals surface area contributed by atoms with Crippen LogP contribution in [0.4, 0.5) is 30.7 Å². The average Bonchev–Trinajstić information content (AvgIpc) is 2.85. The van der Waals surface area contributed by atoms with Crippen LogP contribution in [-0.4, -0.2) is 9.97 Å². The minimum absolute atomic E-state index is 0.240. The summed E-state index contributed by atoms with van der Waals surface area (Å²) in [6.45, 7) is 3.13. The molecule has 0 amide bonds. The number of alkyl halides is 2. The first kappa shape index (κ1) is 27.1. The molecular formula is C28H21F7N2O. The van der Waals surface area contributed by atoms with Crippen LogP contribution >= 0.6 is 0 Å². The van der Waals surface area contributed by atoms with Crippen molar-refractivity contribution >= 4 is 0 Å². The van der Waals surface area contributed by atoms with E-state index in [9.17, 15) is 30.7 Å². The van der Waals surface area contributed by atoms with Gasteiger partial charge in [0.25, 0.3) is 0 Å². The first-order chi connectivity index (χ1) is 18.0. The smallest absolute Gasteiger partial charge is 0.429 e. The molecule has 0 unspecified atom stereocenters. The lowest BCUT2D eigenvalue weighted by Gasteiger charge is -2.20. The first-order valence-electron chi connectivity index (χ1n) is 11.6. The number of aryl methyl sites for hydroxylation is 1. The second kappa shape index (κ2) is 10.8. The summed E-state index contributed by atoms with van der Waals surface area (Å²) in [5.41, 5.74) is -1.61. The van der Waals surface area contributed by atoms with Gasteiger partial charge in [-0.15, -0.1) is 0 Å². The zero-order chi connectivity index (χ0) is 27.6. The number of halogens is 7. The summed E-state index contributed by atoms with van der Waals surface area (Å²) in [5.74, 6) is -7.46. The summed E-state index contributed by atoms with van der Waals surface area (Å²) in [5, 5.41) is 0. The second-order valence-corrected chi connectivity index (χ2v) is 8.66. The minimum Gasteiger partial charge on any atom is -0.429 e. The van der Waals surface area contributed by atoms with Gasteiger partial charge in [0.1, 0.15) is 40.4 Å². The lowest BCUT2D eigenvalue weighted by Crippen LogP contribution is -2.25. The molecule has 198 valence electrons. The zero-order valence-corrected chi connectivity index (χ0v) is 20.3. The number of nitrogens with zero attached hydrogens (tertiary/aromatic N) is 2. The highest BCUT2D eigenvalue weighted by molar-refractivity contribution is 5.69. The SMILES string of the molecule is CCCCc1cnc(-c2ccc(-c3cc(F)c(C(F)(F)Oc4cc(F)c(C)c(F)c4)c(F)c3)c(F)c2)nc1. The highest BCUT2D eigenvalue weighted by Crippen LogP contribution is 2.38. The molecule has 0 bridgehead atoms. The molecule has 0 spiro atoms. The molecule has 0 radical (unpaired) electrons. The molecule has 0 aliphatic heterocycles. The molecule has 3 nitrogen and oxygen atoms in total. The second-order valence-electron chi connectivity index (χ2n) is 8.66. The molecular weight excluding hydrogens is 513 g/mol. The van der Waals surface area contributed by atoms with Crippen molar-refractivity contribution in [1.82, 2.24) is 9.97 Å². The third kappa shape index (κ3) is 5.64. The molecule has 0 aliphatic carbocycles. The molecule has 4 rings (SSSR count). The van der Waals surface area contributed by atoms with Gasteiger partial charge in [0.2, 0.25) is 0 Å². The Morgan fingerprint density at radius 1 is 0.763 bits per heavy atom. The maximum atomic E-state index is 14.9. The van der Waals surface area contributed by atoms with Crippen LogP contribution in [0.2, 0.25) is 0 Å². The number of rotatable bonds is 8. The van der Waals surface area contributed by atoms with E-state index in [0.717, 1.165) is 37.8 Å². The Bertz CT molecular complexity index is 1430. The number of ether oxygens (including phenoxy) is 1. The summed E-state index contributed by atoms with van der Waals surface area (Å²) >= 11 is 0. The Labute approximate surface area is 214 Å². The van der Waals surface area contributed by atoms with E-state index < -0.39 is 52.1 Å². The van der Waals surface area contributed by atoms with Crippen molar-refractivity contribution in [2.75, 3.05) is 0 Å². The predicted octanol–water partition coefficient (Wildman–Crippen LogP) is 8.29. The van der Waals surface area contributed by atoms with E-state index in [1.165, 1.54) is 12.1 Å². The number of hydrogen-bond donors (Lipinski definition) is 0. The summed E-state index contributed by atoms with van der Waals surface area (Å²) in [4.78, 5) is 8.44. The largest absolute Gasteiger partial charge is 0.432 e. The van der Waals surface area contributed by atoms with E-state index in [2.05, 4.69) is 21.6 Å². The van der Waals surface area contributed by atoms with Gasteiger partial charge in [-0.25, -0.2) is 31.9 Å². The number of unbranched alkanes of at least 4 members (excludes halogenated alkanes) is 1. The quantitative estimate of drug-likeness (QED) is 0.213. The van der Waals surface area contributed by atoms with E-state index >= 15 is 0 Å². The van der Waals surface area contributed by atoms with Crippen molar-refractivity contribution < 1.29 is 35.5 Å². The standard InChI is InChI=1S/C28H21F7N2O/c1-3-4-5-16-13-36-27(37-14-16)17-6-7-20(23(31)8-17)18-9-24(32)26(25(33)10-18)28(34,35)38-19-11-21(29)15(2)22(30)12-19/h6-14H,3-5H2,1-2H3. The van der Waals surface area contributed by atoms with Gasteiger partial charge in [-0.2, -0.15) is 8.78 Å². The van der Waals surface area contributed by atoms with Gasteiger partial charge in [0, 0.05) is 41.2 Å². The fraction of sp³-hybridized carbons (Fsp3) is 0.214. The Morgan fingerprint density at radius 3 is 1.89 bits per heavy atom. The van der Waals surface area contributed by atoms with E-state index in [-0.39, 0.29) is 17.0 Å². The maximum absolute atomic E-state index is 14.9. The lowest BCUT2D eigenvalue weighted by molar-refractivity contribution is -0.189. The Hall–Kier alpha value is -3.95. The van der Waals surface area contributed by atoms with Crippen LogP contribution in [0.15, 0.2) is 54.9 Å². The Morgan fingerprint density at radius 2 is 1.34 bits per heavy atom. The van der Waals surface area contributed by atoms with Gasteiger partial charge >= 0.3 is 6.11 Å². The summed E-state index contributed by atoms with van der Waals surface area (Å²) < 4.78 is 105. The maximum Gasteiger partial charge on any atom is 0.432 e. The van der Waals surface area contributed by atoms with E-state index in [0.29, 0.717) is 29.8 Å². The van der Waals surface area contributed by atoms with Crippen LogP contribution in [-0.2, 0) is 12.5 Å². The summed E-state index contributed by atoms with van der Waals surface area (Å²) in [7, 11) is 0. The van der Waals surface area contributed by atoms with Crippen LogP contribution in [0.5, 0.6) is 5.75 Å². The highest BCUT2D eigenvalue weighted by atomic mass is 19.3. The molecule has 0 N–H and O–H groups in total. The molecule has 4 aromatic rings. The minimum atomic E-state index is -4.64. The van der Waals surface area contributed by atoms with Gasteiger partial charge in [-0.3, -0.25) is 0 Å². The van der Waals surface area contributed by atoms with Crippen molar-refractivity contribution in [2.24, 2.45) is 0 Å². The van der Waals surface area contributed by atoms with Gasteiger partial charge in [0.05, 0.1) is 0 Å². The molecule has 38 heavy (non-hydrogen) atoms. The fourth-order valence-corrected chi connectivity index (χ4v) is 3.79. The zero-order valence-electron chi connectivity index (χ0n) is 20.3. The summed E-state index contributed by atoms with van der Waals surface area (Å²) in [6, 6.07) is 5.69. The van der Waals surface area contributed by atoms with Crippen molar-refractivity contribution in [3.05, 3.63) is 101 Å². The third-order valence-corrected chi connectivity index (χ3v) is 5.90. The molecule has 0 aliphatic rings. The Kier molecular flexibility index (Phi) is 7.71. The number of hydrogen-bond acceptors (Lipinski definition) is 3. The van der Waals surface area contributed by atoms with Gasteiger partial charge < -0.3 is 4.74 Å². The molecule has 0 atom stereocenters. The third-order valence-electron chi connectivity index (χ3n) is 5.90. The first-order valence-corrected chi connectivity index (χ1v) is 11.6. The topological polar surface area (TPSA) is 35.0 Å². The van der Waals surface area contributed by atoms with Crippen molar-refractivity contribution in [3.63, 3.8) is 0 Å². The monoisotopic (exact) mass is 534 g/mol. The fourth-order valence-electron chi connectivity index (χ4n) is 3.79. The molecule has 3 aromatic carbocycles. The van der Waals surface area contributed by atoms with Crippen molar-refractivity contribution in [1.29, 1.82) is 0 Å². The normalized spacial score (nSPS) is 11.6. The molecule has 1 aromatic heterocycles. The summed E-state index contributed by atoms with van der Waals surface area (Å²) in [6.07, 6.45) is 1.42. The van der Waals surface area contributed by atoms with Crippen LogP contribution in [0, 0.1) is 36.0 Å². The molecule has 10 heteroatoms. The Balaban J connectivity index is 1.61. The van der Waals surface area contributed by atoms with Crippen molar-refractivity contribution in [3.8, 4) is 28.3 Å². The average molecular weight is 534 g/mol. The number of benzene rings is 3. The van der Waals surface area contributed by atoms with Crippen LogP contribution < -0.4 is 4.74 Å². The van der Waals surface area contributed by atoms with Gasteiger partial charge in [0.15, 0.2) is 5.82 Å². The van der Waals surface area contributed by atoms with E-state index in [1.807, 2.05) is 0 Å². The van der Waals surface area contributed by atoms with Crippen LogP contribution in [0.3, 0.4) is 0 Å². The lowest BCUT2D eigenvalue weighted by atomic mass is 10.00. The predicted molar refractivity (Wildman–Crippen MR) is 127 cm³/mol. The molecule has 0 fully saturated rings. The van der Waals surface area contributed by atoms with Gasteiger partial charge in [-0.05, 0) is 49.1 Å². The van der Waals surface area contributed by atoms with Crippen molar-refractivity contribution in [2.45, 2.75) is 39.2 Å². The van der Waals surface area contributed by atoms with E-state index in [1.54, 1.807) is 12.4 Å². The van der Waals surface area contributed by atoms with Crippen LogP contribution in [0.1, 0.15) is 36.5 Å². The highest BCUT2D eigenvalue weighted by Gasteiger charge is 2.41. The van der Waals surface area contributed by atoms with Crippen LogP contribution in [0.25, 0.3) is 22.5 Å². The molecule has 1 heterocycles. The number of aromatic nitrogens is 2. The van der Waals surface area contributed by atoms with E-state index in [4.69, 9.17) is 0 Å². The molecule has 0 saturated heterocycles.